The molecule has 0 saturated carbocycles. The highest BCUT2D eigenvalue weighted by atomic mass is 16.5. The average Bonchev–Trinajstić information content (AvgIpc) is 2.35. The molecular weight excluding hydrogens is 246 g/mol. The lowest BCUT2D eigenvalue weighted by Gasteiger charge is -2.23. The van der Waals surface area contributed by atoms with Crippen LogP contribution >= 0.6 is 0 Å². The second-order valence-corrected chi connectivity index (χ2v) is 4.96. The molecule has 1 aromatic heterocycles. The number of rotatable bonds is 7. The van der Waals surface area contributed by atoms with Crippen LogP contribution in [0.3, 0.4) is 0 Å². The van der Waals surface area contributed by atoms with E-state index in [0.717, 1.165) is 0 Å². The van der Waals surface area contributed by atoms with Gasteiger partial charge in [0.25, 0.3) is 0 Å². The largest absolute Gasteiger partial charge is 0.481 e. The molecule has 2 N–H and O–H groups in total. The number of aliphatic carboxylic acids is 1. The predicted octanol–water partition coefficient (Wildman–Crippen LogP) is 2.18. The second kappa shape index (κ2) is 6.36. The smallest absolute Gasteiger partial charge is 0.311 e. The first-order valence-electron chi connectivity index (χ1n) is 6.34. The summed E-state index contributed by atoms with van der Waals surface area (Å²) >= 11 is 0. The Morgan fingerprint density at radius 2 is 2.26 bits per heavy atom. The van der Waals surface area contributed by atoms with Crippen LogP contribution in [0.1, 0.15) is 34.1 Å². The van der Waals surface area contributed by atoms with Gasteiger partial charge in [0.2, 0.25) is 11.8 Å². The normalized spacial score (nSPS) is 13.9. The van der Waals surface area contributed by atoms with Gasteiger partial charge in [0.15, 0.2) is 0 Å². The van der Waals surface area contributed by atoms with Crippen LogP contribution in [0.5, 0.6) is 5.88 Å². The van der Waals surface area contributed by atoms with E-state index < -0.39 is 11.4 Å². The minimum Gasteiger partial charge on any atom is -0.481 e. The van der Waals surface area contributed by atoms with Crippen molar-refractivity contribution in [3.63, 3.8) is 0 Å². The molecule has 0 aliphatic rings. The Hall–Kier alpha value is -1.85. The van der Waals surface area contributed by atoms with Crippen LogP contribution in [0, 0.1) is 5.41 Å². The van der Waals surface area contributed by atoms with E-state index >= 15 is 0 Å². The van der Waals surface area contributed by atoms with Crippen LogP contribution in [0.4, 0.5) is 5.95 Å². The zero-order chi connectivity index (χ0) is 14.5. The molecule has 0 fully saturated rings. The highest BCUT2D eigenvalue weighted by Crippen LogP contribution is 2.21. The number of hydrogen-bond donors (Lipinski definition) is 2. The SMILES string of the molecule is CCC(C)(CNc1nccc(OC(C)C)n1)C(=O)O. The van der Waals surface area contributed by atoms with E-state index in [1.807, 2.05) is 20.8 Å². The van der Waals surface area contributed by atoms with E-state index in [1.165, 1.54) is 0 Å². The summed E-state index contributed by atoms with van der Waals surface area (Å²) in [6.45, 7) is 7.62. The number of carboxylic acid groups (broad SMARTS) is 1. The number of carboxylic acids is 1. The lowest BCUT2D eigenvalue weighted by molar-refractivity contribution is -0.147. The van der Waals surface area contributed by atoms with E-state index in [-0.39, 0.29) is 12.6 Å². The maximum atomic E-state index is 11.2. The second-order valence-electron chi connectivity index (χ2n) is 4.96. The maximum absolute atomic E-state index is 11.2. The van der Waals surface area contributed by atoms with Crippen molar-refractivity contribution in [3.8, 4) is 5.88 Å². The molecule has 106 valence electrons. The molecule has 6 nitrogen and oxygen atoms in total. The molecule has 0 aromatic carbocycles. The van der Waals surface area contributed by atoms with Crippen LogP contribution in [-0.4, -0.2) is 33.7 Å². The van der Waals surface area contributed by atoms with E-state index in [2.05, 4.69) is 15.3 Å². The average molecular weight is 267 g/mol. The predicted molar refractivity (Wildman–Crippen MR) is 72.3 cm³/mol. The molecule has 6 heteroatoms. The Balaban J connectivity index is 2.70. The summed E-state index contributed by atoms with van der Waals surface area (Å²) in [6, 6.07) is 1.67. The lowest BCUT2D eigenvalue weighted by Crippen LogP contribution is -2.34. The molecule has 0 spiro atoms. The molecule has 1 rings (SSSR count). The van der Waals surface area contributed by atoms with Crippen LogP contribution in [0.15, 0.2) is 12.3 Å². The van der Waals surface area contributed by atoms with Crippen LogP contribution in [-0.2, 0) is 4.79 Å². The molecule has 0 aliphatic heterocycles. The van der Waals surface area contributed by atoms with Crippen molar-refractivity contribution in [1.29, 1.82) is 0 Å². The number of ether oxygens (including phenoxy) is 1. The van der Waals surface area contributed by atoms with Crippen molar-refractivity contribution in [2.75, 3.05) is 11.9 Å². The highest BCUT2D eigenvalue weighted by Gasteiger charge is 2.31. The molecule has 1 atom stereocenters. The molecule has 1 unspecified atom stereocenters. The first-order chi connectivity index (χ1) is 8.87. The van der Waals surface area contributed by atoms with Gasteiger partial charge >= 0.3 is 5.97 Å². The fraction of sp³-hybridized carbons (Fsp3) is 0.615. The van der Waals surface area contributed by atoms with Crippen molar-refractivity contribution < 1.29 is 14.6 Å². The topological polar surface area (TPSA) is 84.3 Å². The van der Waals surface area contributed by atoms with Gasteiger partial charge < -0.3 is 15.2 Å². The third kappa shape index (κ3) is 4.39. The van der Waals surface area contributed by atoms with Gasteiger partial charge in [-0.25, -0.2) is 4.98 Å². The fourth-order valence-electron chi connectivity index (χ4n) is 1.36. The fourth-order valence-corrected chi connectivity index (χ4v) is 1.36. The summed E-state index contributed by atoms with van der Waals surface area (Å²) < 4.78 is 5.45. The standard InChI is InChI=1S/C13H21N3O3/c1-5-13(4,11(17)18)8-15-12-14-7-6-10(16-12)19-9(2)3/h6-7,9H,5,8H2,1-4H3,(H,17,18)(H,14,15,16). The van der Waals surface area contributed by atoms with Crippen molar-refractivity contribution in [2.45, 2.75) is 40.2 Å². The lowest BCUT2D eigenvalue weighted by atomic mass is 9.88. The quantitative estimate of drug-likeness (QED) is 0.787. The van der Waals surface area contributed by atoms with Gasteiger partial charge in [-0.1, -0.05) is 6.92 Å². The third-order valence-electron chi connectivity index (χ3n) is 2.92. The maximum Gasteiger partial charge on any atom is 0.311 e. The Kier molecular flexibility index (Phi) is 5.09. The Labute approximate surface area is 113 Å². The Morgan fingerprint density at radius 3 is 2.79 bits per heavy atom. The number of nitrogens with one attached hydrogen (secondary N) is 1. The van der Waals surface area contributed by atoms with Gasteiger partial charge in [-0.3, -0.25) is 4.79 Å². The molecule has 19 heavy (non-hydrogen) atoms. The van der Waals surface area contributed by atoms with Gasteiger partial charge in [-0.15, -0.1) is 0 Å². The van der Waals surface area contributed by atoms with Crippen LogP contribution in [0.2, 0.25) is 0 Å². The van der Waals surface area contributed by atoms with Crippen molar-refractivity contribution in [1.82, 2.24) is 9.97 Å². The summed E-state index contributed by atoms with van der Waals surface area (Å²) in [5, 5.41) is 12.1. The summed E-state index contributed by atoms with van der Waals surface area (Å²) in [7, 11) is 0. The first-order valence-corrected chi connectivity index (χ1v) is 6.34. The van der Waals surface area contributed by atoms with E-state index in [9.17, 15) is 9.90 Å². The molecule has 0 saturated heterocycles. The van der Waals surface area contributed by atoms with Crippen molar-refractivity contribution in [3.05, 3.63) is 12.3 Å². The zero-order valence-electron chi connectivity index (χ0n) is 11.8. The van der Waals surface area contributed by atoms with Gasteiger partial charge in [0.1, 0.15) is 0 Å². The Morgan fingerprint density at radius 1 is 1.58 bits per heavy atom. The number of carbonyl (C=O) groups is 1. The van der Waals surface area contributed by atoms with Crippen molar-refractivity contribution in [2.24, 2.45) is 5.41 Å². The molecule has 1 aromatic rings. The van der Waals surface area contributed by atoms with Gasteiger partial charge in [0.05, 0.1) is 11.5 Å². The minimum absolute atomic E-state index is 0.0303. The molecule has 1 heterocycles. The summed E-state index contributed by atoms with van der Waals surface area (Å²) in [4.78, 5) is 19.4. The summed E-state index contributed by atoms with van der Waals surface area (Å²) in [6.07, 6.45) is 2.14. The first kappa shape index (κ1) is 15.2. The van der Waals surface area contributed by atoms with E-state index in [4.69, 9.17) is 4.74 Å². The van der Waals surface area contributed by atoms with E-state index in [0.29, 0.717) is 18.2 Å². The minimum atomic E-state index is -0.836. The van der Waals surface area contributed by atoms with Crippen LogP contribution in [0.25, 0.3) is 0 Å². The number of nitrogens with zero attached hydrogens (tertiary/aromatic N) is 2. The third-order valence-corrected chi connectivity index (χ3v) is 2.92. The molecular formula is C13H21N3O3. The summed E-state index contributed by atoms with van der Waals surface area (Å²) in [5.74, 6) is 0.0113. The molecule has 0 radical (unpaired) electrons. The van der Waals surface area contributed by atoms with Crippen molar-refractivity contribution >= 4 is 11.9 Å². The van der Waals surface area contributed by atoms with E-state index in [1.54, 1.807) is 19.2 Å². The highest BCUT2D eigenvalue weighted by molar-refractivity contribution is 5.74. The zero-order valence-corrected chi connectivity index (χ0v) is 11.8. The van der Waals surface area contributed by atoms with Crippen LogP contribution < -0.4 is 10.1 Å². The molecule has 0 amide bonds. The number of aromatic nitrogens is 2. The molecule has 0 bridgehead atoms. The molecule has 0 aliphatic carbocycles. The Bertz CT molecular complexity index is 437. The van der Waals surface area contributed by atoms with Gasteiger partial charge in [-0.05, 0) is 27.2 Å². The monoisotopic (exact) mass is 267 g/mol. The number of hydrogen-bond acceptors (Lipinski definition) is 5. The summed E-state index contributed by atoms with van der Waals surface area (Å²) in [5.41, 5.74) is -0.835. The van der Waals surface area contributed by atoms with Gasteiger partial charge in [0, 0.05) is 18.8 Å². The number of anilines is 1. The van der Waals surface area contributed by atoms with Gasteiger partial charge in [-0.2, -0.15) is 4.98 Å².